The first-order valence-corrected chi connectivity index (χ1v) is 6.71. The minimum Gasteiger partial charge on any atom is -0.369 e. The lowest BCUT2D eigenvalue weighted by Gasteiger charge is -2.08. The van der Waals surface area contributed by atoms with Crippen molar-refractivity contribution in [1.29, 1.82) is 5.26 Å². The van der Waals surface area contributed by atoms with Crippen LogP contribution in [0.15, 0.2) is 6.07 Å². The third-order valence-corrected chi connectivity index (χ3v) is 3.28. The molecule has 0 aliphatic heterocycles. The van der Waals surface area contributed by atoms with E-state index in [1.807, 2.05) is 25.6 Å². The third-order valence-electron chi connectivity index (χ3n) is 3.28. The summed E-state index contributed by atoms with van der Waals surface area (Å²) in [4.78, 5) is 0. The molecule has 106 valence electrons. The van der Waals surface area contributed by atoms with Gasteiger partial charge < -0.3 is 5.32 Å². The second-order valence-electron chi connectivity index (χ2n) is 4.97. The molecular weight excluding hydrogens is 252 g/mol. The molecule has 0 saturated heterocycles. The molecule has 0 atom stereocenters. The fourth-order valence-electron chi connectivity index (χ4n) is 2.33. The predicted octanol–water partition coefficient (Wildman–Crippen LogP) is 1.92. The van der Waals surface area contributed by atoms with Crippen molar-refractivity contribution in [3.63, 3.8) is 0 Å². The van der Waals surface area contributed by atoms with Gasteiger partial charge in [0.15, 0.2) is 0 Å². The molecule has 2 aromatic heterocycles. The molecule has 2 rings (SSSR count). The van der Waals surface area contributed by atoms with E-state index >= 15 is 0 Å². The molecule has 2 heterocycles. The summed E-state index contributed by atoms with van der Waals surface area (Å²) >= 11 is 0. The number of nitrogens with one attached hydrogen (secondary N) is 1. The minimum absolute atomic E-state index is 0.624. The number of aryl methyl sites for hydroxylation is 5. The van der Waals surface area contributed by atoms with Crippen molar-refractivity contribution >= 4 is 5.82 Å². The molecule has 0 amide bonds. The smallest absolute Gasteiger partial charge is 0.142 e. The van der Waals surface area contributed by atoms with Crippen molar-refractivity contribution < 1.29 is 0 Å². The topological polar surface area (TPSA) is 71.5 Å². The molecule has 0 aliphatic rings. The molecule has 0 aliphatic carbocycles. The van der Waals surface area contributed by atoms with Gasteiger partial charge in [-0.15, -0.1) is 0 Å². The number of nitriles is 1. The molecule has 0 fully saturated rings. The molecule has 0 radical (unpaired) electrons. The average Bonchev–Trinajstić information content (AvgIpc) is 2.84. The maximum atomic E-state index is 9.13. The maximum absolute atomic E-state index is 9.13. The van der Waals surface area contributed by atoms with Gasteiger partial charge in [0, 0.05) is 25.8 Å². The fourth-order valence-corrected chi connectivity index (χ4v) is 2.33. The number of rotatable bonds is 5. The zero-order valence-corrected chi connectivity index (χ0v) is 12.4. The van der Waals surface area contributed by atoms with Crippen LogP contribution in [0.1, 0.15) is 29.1 Å². The van der Waals surface area contributed by atoms with Crippen LogP contribution in [0.4, 0.5) is 5.82 Å². The Morgan fingerprint density at radius 3 is 2.65 bits per heavy atom. The van der Waals surface area contributed by atoms with Gasteiger partial charge in [-0.3, -0.25) is 9.36 Å². The SMILES string of the molecule is Cc1cc(C)n(CCCNc2c(C#N)c(C)nn2C)n1. The summed E-state index contributed by atoms with van der Waals surface area (Å²) in [5.41, 5.74) is 3.61. The van der Waals surface area contributed by atoms with E-state index in [0.29, 0.717) is 5.56 Å². The molecule has 6 nitrogen and oxygen atoms in total. The molecule has 2 aromatic rings. The maximum Gasteiger partial charge on any atom is 0.142 e. The van der Waals surface area contributed by atoms with E-state index in [9.17, 15) is 0 Å². The normalized spacial score (nSPS) is 10.6. The van der Waals surface area contributed by atoms with Gasteiger partial charge in [0.05, 0.1) is 11.4 Å². The molecule has 0 aromatic carbocycles. The standard InChI is InChI=1S/C14H20N6/c1-10-8-11(2)20(17-10)7-5-6-16-14-13(9-15)12(3)18-19(14)4/h8,16H,5-7H2,1-4H3. The van der Waals surface area contributed by atoms with Crippen LogP contribution in [0.2, 0.25) is 0 Å². The van der Waals surface area contributed by atoms with Gasteiger partial charge in [-0.1, -0.05) is 0 Å². The highest BCUT2D eigenvalue weighted by molar-refractivity contribution is 5.54. The second-order valence-corrected chi connectivity index (χ2v) is 4.97. The Hall–Kier alpha value is -2.29. The molecule has 20 heavy (non-hydrogen) atoms. The lowest BCUT2D eigenvalue weighted by atomic mass is 10.2. The summed E-state index contributed by atoms with van der Waals surface area (Å²) in [6.07, 6.45) is 0.942. The van der Waals surface area contributed by atoms with Crippen LogP contribution in [0.3, 0.4) is 0 Å². The van der Waals surface area contributed by atoms with E-state index in [2.05, 4.69) is 34.6 Å². The summed E-state index contributed by atoms with van der Waals surface area (Å²) in [5, 5.41) is 21.1. The predicted molar refractivity (Wildman–Crippen MR) is 77.5 cm³/mol. The zero-order chi connectivity index (χ0) is 14.7. The van der Waals surface area contributed by atoms with Crippen LogP contribution < -0.4 is 5.32 Å². The van der Waals surface area contributed by atoms with Crippen LogP contribution in [-0.4, -0.2) is 26.1 Å². The van der Waals surface area contributed by atoms with Gasteiger partial charge in [-0.2, -0.15) is 15.5 Å². The molecule has 0 unspecified atom stereocenters. The summed E-state index contributed by atoms with van der Waals surface area (Å²) in [6, 6.07) is 4.27. The second kappa shape index (κ2) is 5.78. The molecule has 6 heteroatoms. The van der Waals surface area contributed by atoms with Crippen molar-refractivity contribution in [3.8, 4) is 6.07 Å². The summed E-state index contributed by atoms with van der Waals surface area (Å²) < 4.78 is 3.73. The minimum atomic E-state index is 0.624. The van der Waals surface area contributed by atoms with Crippen molar-refractivity contribution in [3.05, 3.63) is 28.7 Å². The summed E-state index contributed by atoms with van der Waals surface area (Å²) in [5.74, 6) is 0.790. The molecular formula is C14H20N6. The zero-order valence-electron chi connectivity index (χ0n) is 12.4. The first kappa shape index (κ1) is 14.1. The van der Waals surface area contributed by atoms with Gasteiger partial charge in [0.25, 0.3) is 0 Å². The molecule has 0 saturated carbocycles. The van der Waals surface area contributed by atoms with Gasteiger partial charge >= 0.3 is 0 Å². The van der Waals surface area contributed by atoms with Crippen molar-refractivity contribution in [2.75, 3.05) is 11.9 Å². The Bertz CT molecular complexity index is 643. The van der Waals surface area contributed by atoms with Gasteiger partial charge in [0.2, 0.25) is 0 Å². The van der Waals surface area contributed by atoms with Gasteiger partial charge in [-0.05, 0) is 33.3 Å². The lowest BCUT2D eigenvalue weighted by Crippen LogP contribution is -2.11. The van der Waals surface area contributed by atoms with E-state index < -0.39 is 0 Å². The Morgan fingerprint density at radius 1 is 1.30 bits per heavy atom. The highest BCUT2D eigenvalue weighted by Gasteiger charge is 2.11. The Kier molecular flexibility index (Phi) is 4.08. The highest BCUT2D eigenvalue weighted by Crippen LogP contribution is 2.17. The third kappa shape index (κ3) is 2.82. The quantitative estimate of drug-likeness (QED) is 0.844. The first-order valence-electron chi connectivity index (χ1n) is 6.71. The van der Waals surface area contributed by atoms with E-state index in [4.69, 9.17) is 5.26 Å². The van der Waals surface area contributed by atoms with Gasteiger partial charge in [0.1, 0.15) is 17.5 Å². The number of nitrogens with zero attached hydrogens (tertiary/aromatic N) is 5. The Labute approximate surface area is 119 Å². The fraction of sp³-hybridized carbons (Fsp3) is 0.500. The van der Waals surface area contributed by atoms with Crippen LogP contribution in [0, 0.1) is 32.1 Å². The molecule has 1 N–H and O–H groups in total. The lowest BCUT2D eigenvalue weighted by molar-refractivity contribution is 0.572. The summed E-state index contributed by atoms with van der Waals surface area (Å²) in [6.45, 7) is 7.56. The monoisotopic (exact) mass is 272 g/mol. The largest absolute Gasteiger partial charge is 0.369 e. The molecule has 0 bridgehead atoms. The van der Waals surface area contributed by atoms with E-state index in [-0.39, 0.29) is 0 Å². The van der Waals surface area contributed by atoms with Crippen LogP contribution in [-0.2, 0) is 13.6 Å². The van der Waals surface area contributed by atoms with E-state index in [1.54, 1.807) is 4.68 Å². The Balaban J connectivity index is 1.91. The molecule has 0 spiro atoms. The van der Waals surface area contributed by atoms with Crippen LogP contribution in [0.5, 0.6) is 0 Å². The van der Waals surface area contributed by atoms with Crippen molar-refractivity contribution in [1.82, 2.24) is 19.6 Å². The van der Waals surface area contributed by atoms with Crippen LogP contribution in [0.25, 0.3) is 0 Å². The summed E-state index contributed by atoms with van der Waals surface area (Å²) in [7, 11) is 1.84. The van der Waals surface area contributed by atoms with E-state index in [0.717, 1.165) is 36.7 Å². The highest BCUT2D eigenvalue weighted by atomic mass is 15.3. The van der Waals surface area contributed by atoms with Crippen LogP contribution >= 0.6 is 0 Å². The Morgan fingerprint density at radius 2 is 2.05 bits per heavy atom. The number of anilines is 1. The van der Waals surface area contributed by atoms with Gasteiger partial charge in [-0.25, -0.2) is 0 Å². The first-order chi connectivity index (χ1) is 9.52. The average molecular weight is 272 g/mol. The number of hydrogen-bond acceptors (Lipinski definition) is 4. The van der Waals surface area contributed by atoms with Crippen molar-refractivity contribution in [2.45, 2.75) is 33.7 Å². The number of aromatic nitrogens is 4. The van der Waals surface area contributed by atoms with Crippen molar-refractivity contribution in [2.24, 2.45) is 7.05 Å². The van der Waals surface area contributed by atoms with E-state index in [1.165, 1.54) is 5.69 Å². The number of hydrogen-bond donors (Lipinski definition) is 1.